The zero-order valence-electron chi connectivity index (χ0n) is 17.7. The van der Waals surface area contributed by atoms with Crippen LogP contribution in [0.3, 0.4) is 0 Å². The van der Waals surface area contributed by atoms with E-state index in [4.69, 9.17) is 0 Å². The average Bonchev–Trinajstić information content (AvgIpc) is 3.34. The van der Waals surface area contributed by atoms with Gasteiger partial charge in [0.15, 0.2) is 0 Å². The van der Waals surface area contributed by atoms with Crippen LogP contribution in [-0.2, 0) is 7.05 Å². The lowest BCUT2D eigenvalue weighted by Crippen LogP contribution is -2.28. The molecule has 0 saturated heterocycles. The summed E-state index contributed by atoms with van der Waals surface area (Å²) in [4.78, 5) is 2.35. The van der Waals surface area contributed by atoms with Crippen LogP contribution in [0, 0.1) is 0 Å². The van der Waals surface area contributed by atoms with E-state index in [1.54, 1.807) is 0 Å². The molecule has 0 amide bonds. The van der Waals surface area contributed by atoms with E-state index in [9.17, 15) is 0 Å². The molecule has 0 saturated carbocycles. The third-order valence-electron chi connectivity index (χ3n) is 5.79. The summed E-state index contributed by atoms with van der Waals surface area (Å²) in [5.74, 6) is 0. The van der Waals surface area contributed by atoms with Crippen molar-refractivity contribution in [2.24, 2.45) is 7.05 Å². The second-order valence-corrected chi connectivity index (χ2v) is 8.85. The largest absolute Gasteiger partial charge is 0.310 e. The summed E-state index contributed by atoms with van der Waals surface area (Å²) in [5, 5.41) is 1.25. The number of nitrogens with zero attached hydrogens (tertiary/aromatic N) is 2. The monoisotopic (exact) mass is 421 g/mol. The molecule has 0 fully saturated rings. The maximum atomic E-state index is 4.43. The van der Waals surface area contributed by atoms with E-state index >= 15 is 0 Å². The Bertz CT molecular complexity index is 1260. The first-order valence-electron chi connectivity index (χ1n) is 10.6. The summed E-state index contributed by atoms with van der Waals surface area (Å²) in [7, 11) is 2.14. The molecular weight excluding hydrogens is 396 g/mol. The molecule has 1 aliphatic rings. The highest BCUT2D eigenvalue weighted by atomic mass is 32.1. The van der Waals surface area contributed by atoms with E-state index in [1.165, 1.54) is 32.1 Å². The lowest BCUT2D eigenvalue weighted by Gasteiger charge is -2.28. The minimum atomic E-state index is 0.990. The van der Waals surface area contributed by atoms with Gasteiger partial charge < -0.3 is 4.90 Å². The Balaban J connectivity index is 1.61. The number of hydrogen-bond donors (Lipinski definition) is 0. The van der Waals surface area contributed by atoms with Crippen LogP contribution in [0.4, 0.5) is 11.4 Å². The summed E-state index contributed by atoms with van der Waals surface area (Å²) >= 11 is 1.83. The van der Waals surface area contributed by atoms with Crippen LogP contribution in [-0.4, -0.2) is 0 Å². The van der Waals surface area contributed by atoms with E-state index in [2.05, 4.69) is 120 Å². The van der Waals surface area contributed by atoms with E-state index in [0.717, 1.165) is 24.2 Å². The lowest BCUT2D eigenvalue weighted by molar-refractivity contribution is -0.642. The number of thiazole rings is 1. The molecule has 31 heavy (non-hydrogen) atoms. The fourth-order valence-corrected chi connectivity index (χ4v) is 5.27. The SMILES string of the molecule is C=C1CCC(/C=C/c2sc3ccccc3[n+]2C)=C1N(c1ccccc1)c1ccccc1. The van der Waals surface area contributed by atoms with Gasteiger partial charge in [-0.2, -0.15) is 4.57 Å². The Hall–Kier alpha value is -3.43. The van der Waals surface area contributed by atoms with Crippen molar-refractivity contribution >= 4 is 39.0 Å². The van der Waals surface area contributed by atoms with Gasteiger partial charge in [0.2, 0.25) is 5.52 Å². The van der Waals surface area contributed by atoms with Crippen LogP contribution in [0.2, 0.25) is 0 Å². The molecule has 0 unspecified atom stereocenters. The molecule has 0 atom stereocenters. The van der Waals surface area contributed by atoms with Crippen LogP contribution >= 0.6 is 11.3 Å². The summed E-state index contributed by atoms with van der Waals surface area (Å²) in [6, 6.07) is 29.7. The molecule has 1 aromatic heterocycles. The zero-order chi connectivity index (χ0) is 21.2. The molecule has 0 aliphatic heterocycles. The smallest absolute Gasteiger partial charge is 0.262 e. The van der Waals surface area contributed by atoms with Crippen molar-refractivity contribution in [2.75, 3.05) is 4.90 Å². The van der Waals surface area contributed by atoms with Crippen LogP contribution in [0.15, 0.2) is 114 Å². The van der Waals surface area contributed by atoms with Gasteiger partial charge in [0.25, 0.3) is 5.01 Å². The van der Waals surface area contributed by atoms with E-state index < -0.39 is 0 Å². The van der Waals surface area contributed by atoms with Crippen LogP contribution in [0.5, 0.6) is 0 Å². The molecule has 0 radical (unpaired) electrons. The van der Waals surface area contributed by atoms with Crippen molar-refractivity contribution in [3.8, 4) is 0 Å². The summed E-state index contributed by atoms with van der Waals surface area (Å²) in [6.07, 6.45) is 6.54. The molecule has 5 rings (SSSR count). The van der Waals surface area contributed by atoms with Crippen molar-refractivity contribution in [3.05, 3.63) is 119 Å². The highest BCUT2D eigenvalue weighted by molar-refractivity contribution is 7.18. The van der Waals surface area contributed by atoms with Gasteiger partial charge in [-0.3, -0.25) is 0 Å². The van der Waals surface area contributed by atoms with Gasteiger partial charge >= 0.3 is 0 Å². The van der Waals surface area contributed by atoms with Crippen molar-refractivity contribution in [1.82, 2.24) is 0 Å². The first kappa shape index (κ1) is 19.5. The number of anilines is 2. The molecule has 152 valence electrons. The minimum Gasteiger partial charge on any atom is -0.310 e. The van der Waals surface area contributed by atoms with Gasteiger partial charge in [0, 0.05) is 23.5 Å². The zero-order valence-corrected chi connectivity index (χ0v) is 18.5. The molecule has 1 aliphatic carbocycles. The molecule has 2 nitrogen and oxygen atoms in total. The fourth-order valence-electron chi connectivity index (χ4n) is 4.21. The van der Waals surface area contributed by atoms with Crippen molar-refractivity contribution in [1.29, 1.82) is 0 Å². The van der Waals surface area contributed by atoms with Crippen molar-refractivity contribution in [2.45, 2.75) is 12.8 Å². The predicted octanol–water partition coefficient (Wildman–Crippen LogP) is 7.18. The summed E-state index contributed by atoms with van der Waals surface area (Å²) in [5.41, 5.74) is 7.32. The number of aromatic nitrogens is 1. The van der Waals surface area contributed by atoms with E-state index in [0.29, 0.717) is 0 Å². The van der Waals surface area contributed by atoms with Crippen molar-refractivity contribution in [3.63, 3.8) is 0 Å². The van der Waals surface area contributed by atoms with Crippen LogP contribution < -0.4 is 9.47 Å². The quantitative estimate of drug-likeness (QED) is 0.310. The van der Waals surface area contributed by atoms with E-state index in [-0.39, 0.29) is 0 Å². The van der Waals surface area contributed by atoms with Gasteiger partial charge in [-0.25, -0.2) is 0 Å². The third-order valence-corrected chi connectivity index (χ3v) is 6.97. The van der Waals surface area contributed by atoms with Gasteiger partial charge in [0.05, 0.1) is 5.70 Å². The highest BCUT2D eigenvalue weighted by Crippen LogP contribution is 2.41. The molecule has 0 spiro atoms. The molecule has 0 N–H and O–H groups in total. The second-order valence-electron chi connectivity index (χ2n) is 7.78. The number of hydrogen-bond acceptors (Lipinski definition) is 2. The first-order chi connectivity index (χ1) is 15.2. The van der Waals surface area contributed by atoms with Gasteiger partial charge in [-0.05, 0) is 60.4 Å². The molecule has 4 aromatic rings. The maximum Gasteiger partial charge on any atom is 0.262 e. The average molecular weight is 422 g/mol. The number of benzene rings is 3. The van der Waals surface area contributed by atoms with Crippen LogP contribution in [0.1, 0.15) is 17.8 Å². The maximum absolute atomic E-state index is 4.43. The topological polar surface area (TPSA) is 7.12 Å². The Morgan fingerprint density at radius 3 is 2.06 bits per heavy atom. The number of fused-ring (bicyclic) bond motifs is 1. The van der Waals surface area contributed by atoms with Gasteiger partial charge in [0.1, 0.15) is 11.7 Å². The Kier molecular flexibility index (Phi) is 5.27. The summed E-state index contributed by atoms with van der Waals surface area (Å²) in [6.45, 7) is 4.43. The summed E-state index contributed by atoms with van der Waals surface area (Å²) < 4.78 is 3.58. The van der Waals surface area contributed by atoms with Crippen molar-refractivity contribution < 1.29 is 4.57 Å². The second kappa shape index (κ2) is 8.37. The Morgan fingerprint density at radius 1 is 0.806 bits per heavy atom. The number of para-hydroxylation sites is 3. The normalized spacial score (nSPS) is 14.2. The number of aryl methyl sites for hydroxylation is 1. The van der Waals surface area contributed by atoms with Gasteiger partial charge in [-0.1, -0.05) is 66.4 Å². The van der Waals surface area contributed by atoms with Crippen LogP contribution in [0.25, 0.3) is 16.3 Å². The molecule has 3 aromatic carbocycles. The number of rotatable bonds is 5. The van der Waals surface area contributed by atoms with Gasteiger partial charge in [-0.15, -0.1) is 0 Å². The standard InChI is InChI=1S/C28H25N2S/c1-21-17-18-22(19-20-27-29(2)25-15-9-10-16-26(25)31-27)28(21)30(23-11-5-3-6-12-23)24-13-7-4-8-14-24/h3-16,19-20H,1,17-18H2,2H3/q+1. The first-order valence-corrected chi connectivity index (χ1v) is 11.4. The third kappa shape index (κ3) is 3.73. The highest BCUT2D eigenvalue weighted by Gasteiger charge is 2.25. The predicted molar refractivity (Wildman–Crippen MR) is 132 cm³/mol. The number of allylic oxidation sites excluding steroid dienone is 3. The minimum absolute atomic E-state index is 0.990. The molecule has 0 bridgehead atoms. The van der Waals surface area contributed by atoms with E-state index in [1.807, 2.05) is 11.3 Å². The molecule has 1 heterocycles. The molecular formula is C28H25N2S+. The Morgan fingerprint density at radius 2 is 1.42 bits per heavy atom. The molecule has 3 heteroatoms. The Labute approximate surface area is 187 Å². The lowest BCUT2D eigenvalue weighted by atomic mass is 10.1. The fraction of sp³-hybridized carbons (Fsp3) is 0.107.